The summed E-state index contributed by atoms with van der Waals surface area (Å²) < 4.78 is 19.4. The van der Waals surface area contributed by atoms with Gasteiger partial charge in [0.2, 0.25) is 5.91 Å². The molecular weight excluding hydrogens is 367 g/mol. The number of halogens is 2. The Morgan fingerprint density at radius 1 is 1.33 bits per heavy atom. The second-order valence-electron chi connectivity index (χ2n) is 8.29. The van der Waals surface area contributed by atoms with Crippen LogP contribution in [0.2, 0.25) is 0 Å². The third-order valence-corrected chi connectivity index (χ3v) is 7.08. The van der Waals surface area contributed by atoms with E-state index < -0.39 is 0 Å². The van der Waals surface area contributed by atoms with Crippen LogP contribution in [-0.4, -0.2) is 37.7 Å². The number of carbonyl (C=O) groups is 1. The van der Waals surface area contributed by atoms with Gasteiger partial charge in [-0.2, -0.15) is 0 Å². The van der Waals surface area contributed by atoms with Crippen molar-refractivity contribution in [2.45, 2.75) is 62.9 Å². The summed E-state index contributed by atoms with van der Waals surface area (Å²) in [4.78, 5) is 13.2. The molecule has 0 unspecified atom stereocenters. The Morgan fingerprint density at radius 2 is 2.11 bits per heavy atom. The molecule has 3 atom stereocenters. The molecule has 0 radical (unpaired) electrons. The van der Waals surface area contributed by atoms with Crippen molar-refractivity contribution in [3.63, 3.8) is 0 Å². The van der Waals surface area contributed by atoms with E-state index in [1.165, 1.54) is 12.5 Å². The highest BCUT2D eigenvalue weighted by Crippen LogP contribution is 2.46. The van der Waals surface area contributed by atoms with Crippen LogP contribution in [-0.2, 0) is 14.9 Å². The first-order valence-electron chi connectivity index (χ1n) is 9.96. The number of carbonyl (C=O) groups excluding carboxylic acids is 1. The van der Waals surface area contributed by atoms with Gasteiger partial charge in [-0.15, -0.1) is 12.4 Å². The van der Waals surface area contributed by atoms with Crippen molar-refractivity contribution in [3.05, 3.63) is 35.6 Å². The van der Waals surface area contributed by atoms with Crippen LogP contribution in [0.4, 0.5) is 4.39 Å². The van der Waals surface area contributed by atoms with Gasteiger partial charge in [0.15, 0.2) is 0 Å². The number of nitrogens with one attached hydrogen (secondary N) is 2. The van der Waals surface area contributed by atoms with Crippen molar-refractivity contribution in [1.82, 2.24) is 10.6 Å². The molecule has 2 bridgehead atoms. The molecule has 0 spiro atoms. The summed E-state index contributed by atoms with van der Waals surface area (Å²) in [7, 11) is 0. The highest BCUT2D eigenvalue weighted by Gasteiger charge is 2.54. The summed E-state index contributed by atoms with van der Waals surface area (Å²) in [6.07, 6.45) is 5.69. The van der Waals surface area contributed by atoms with Crippen LogP contribution in [0.3, 0.4) is 0 Å². The zero-order chi connectivity index (χ0) is 18.2. The zero-order valence-electron chi connectivity index (χ0n) is 15.9. The van der Waals surface area contributed by atoms with Gasteiger partial charge in [0.05, 0.1) is 5.41 Å². The smallest absolute Gasteiger partial charge is 0.227 e. The van der Waals surface area contributed by atoms with Crippen molar-refractivity contribution in [1.29, 1.82) is 0 Å². The maximum absolute atomic E-state index is 13.8. The Bertz CT molecular complexity index is 680. The van der Waals surface area contributed by atoms with Crippen molar-refractivity contribution >= 4 is 18.3 Å². The molecule has 3 saturated heterocycles. The fraction of sp³-hybridized carbons (Fsp3) is 0.667. The first-order valence-corrected chi connectivity index (χ1v) is 9.96. The number of hydrogen-bond donors (Lipinski definition) is 2. The molecule has 150 valence electrons. The van der Waals surface area contributed by atoms with Crippen molar-refractivity contribution < 1.29 is 13.9 Å². The molecule has 1 amide bonds. The van der Waals surface area contributed by atoms with Gasteiger partial charge < -0.3 is 15.4 Å². The second-order valence-corrected chi connectivity index (χ2v) is 8.29. The topological polar surface area (TPSA) is 50.4 Å². The van der Waals surface area contributed by atoms with E-state index in [9.17, 15) is 9.18 Å². The summed E-state index contributed by atoms with van der Waals surface area (Å²) in [5.74, 6) is -0.0519. The van der Waals surface area contributed by atoms with E-state index in [0.29, 0.717) is 31.8 Å². The first kappa shape index (κ1) is 20.6. The number of hydrogen-bond acceptors (Lipinski definition) is 3. The average Bonchev–Trinajstić information content (AvgIpc) is 3.28. The van der Waals surface area contributed by atoms with Crippen molar-refractivity contribution in [2.24, 2.45) is 5.41 Å². The van der Waals surface area contributed by atoms with Crippen molar-refractivity contribution in [3.8, 4) is 0 Å². The molecule has 3 aliphatic heterocycles. The van der Waals surface area contributed by atoms with E-state index in [0.717, 1.165) is 37.7 Å². The summed E-state index contributed by atoms with van der Waals surface area (Å²) in [6, 6.07) is 7.63. The predicted octanol–water partition coefficient (Wildman–Crippen LogP) is 3.33. The van der Waals surface area contributed by atoms with Crippen LogP contribution in [0.25, 0.3) is 0 Å². The summed E-state index contributed by atoms with van der Waals surface area (Å²) in [5, 5.41) is 6.88. The lowest BCUT2D eigenvalue weighted by molar-refractivity contribution is -0.133. The van der Waals surface area contributed by atoms with Gasteiger partial charge in [-0.1, -0.05) is 19.1 Å². The molecule has 3 heterocycles. The summed E-state index contributed by atoms with van der Waals surface area (Å²) >= 11 is 0. The third kappa shape index (κ3) is 3.62. The third-order valence-electron chi connectivity index (χ3n) is 7.08. The largest absolute Gasteiger partial charge is 0.381 e. The van der Waals surface area contributed by atoms with Crippen LogP contribution in [0.1, 0.15) is 51.0 Å². The molecule has 0 aliphatic carbocycles. The SMILES string of the molecule is CC[C@@]1(C(=O)NCC2(c3cccc(F)c3)CCOCC2)C[C@@H]2CC[C@H]1N2.Cl. The van der Waals surface area contributed by atoms with E-state index in [4.69, 9.17) is 4.74 Å². The van der Waals surface area contributed by atoms with E-state index >= 15 is 0 Å². The molecule has 0 saturated carbocycles. The molecular formula is C21H30ClFN2O2. The summed E-state index contributed by atoms with van der Waals surface area (Å²) in [6.45, 7) is 3.98. The molecule has 3 aliphatic rings. The predicted molar refractivity (Wildman–Crippen MR) is 106 cm³/mol. The highest BCUT2D eigenvalue weighted by molar-refractivity contribution is 5.85. The quantitative estimate of drug-likeness (QED) is 0.802. The van der Waals surface area contributed by atoms with Gasteiger partial charge in [-0.25, -0.2) is 4.39 Å². The maximum atomic E-state index is 13.8. The molecule has 2 N–H and O–H groups in total. The Labute approximate surface area is 167 Å². The normalized spacial score (nSPS) is 31.3. The van der Waals surface area contributed by atoms with Gasteiger partial charge in [0, 0.05) is 37.3 Å². The monoisotopic (exact) mass is 396 g/mol. The lowest BCUT2D eigenvalue weighted by atomic mass is 9.70. The lowest BCUT2D eigenvalue weighted by Gasteiger charge is -2.40. The maximum Gasteiger partial charge on any atom is 0.227 e. The van der Waals surface area contributed by atoms with Crippen LogP contribution >= 0.6 is 12.4 Å². The number of amides is 1. The molecule has 27 heavy (non-hydrogen) atoms. The zero-order valence-corrected chi connectivity index (χ0v) is 16.7. The van der Waals surface area contributed by atoms with E-state index in [2.05, 4.69) is 17.6 Å². The minimum Gasteiger partial charge on any atom is -0.381 e. The number of ether oxygens (including phenoxy) is 1. The Kier molecular flexibility index (Phi) is 6.14. The van der Waals surface area contributed by atoms with E-state index in [1.54, 1.807) is 12.1 Å². The number of rotatable bonds is 5. The molecule has 3 fully saturated rings. The van der Waals surface area contributed by atoms with Gasteiger partial charge in [-0.05, 0) is 56.2 Å². The fourth-order valence-corrected chi connectivity index (χ4v) is 5.37. The first-order chi connectivity index (χ1) is 12.6. The van der Waals surface area contributed by atoms with Crippen molar-refractivity contribution in [2.75, 3.05) is 19.8 Å². The van der Waals surface area contributed by atoms with Gasteiger partial charge in [0.1, 0.15) is 5.82 Å². The molecule has 1 aromatic rings. The Hall–Kier alpha value is -1.17. The second kappa shape index (κ2) is 8.06. The number of benzene rings is 1. The molecule has 0 aromatic heterocycles. The van der Waals surface area contributed by atoms with Crippen LogP contribution in [0.5, 0.6) is 0 Å². The van der Waals surface area contributed by atoms with E-state index in [-0.39, 0.29) is 35.0 Å². The van der Waals surface area contributed by atoms with Crippen LogP contribution < -0.4 is 10.6 Å². The molecule has 1 aromatic carbocycles. The van der Waals surface area contributed by atoms with Gasteiger partial charge in [0.25, 0.3) is 0 Å². The lowest BCUT2D eigenvalue weighted by Crippen LogP contribution is -2.52. The van der Waals surface area contributed by atoms with Gasteiger partial charge in [-0.3, -0.25) is 4.79 Å². The average molecular weight is 397 g/mol. The summed E-state index contributed by atoms with van der Waals surface area (Å²) in [5.41, 5.74) is 0.449. The standard InChI is InChI=1S/C21H29FN2O2.ClH/c1-2-21(13-17-6-7-18(21)24-17)19(25)23-14-20(8-10-26-11-9-20)15-4-3-5-16(22)12-15;/h3-5,12,17-18,24H,2,6-11,13-14H2,1H3,(H,23,25);1H/t17-,18+,21+;/m0./s1. The van der Waals surface area contributed by atoms with E-state index in [1.807, 2.05) is 6.07 Å². The van der Waals surface area contributed by atoms with Crippen LogP contribution in [0, 0.1) is 11.2 Å². The molecule has 4 rings (SSSR count). The molecule has 6 heteroatoms. The minimum absolute atomic E-state index is 0. The highest BCUT2D eigenvalue weighted by atomic mass is 35.5. The Morgan fingerprint density at radius 3 is 2.70 bits per heavy atom. The van der Waals surface area contributed by atoms with Crippen LogP contribution in [0.15, 0.2) is 24.3 Å². The molecule has 4 nitrogen and oxygen atoms in total. The van der Waals surface area contributed by atoms with Gasteiger partial charge >= 0.3 is 0 Å². The minimum atomic E-state index is -0.281. The number of fused-ring (bicyclic) bond motifs is 2. The fourth-order valence-electron chi connectivity index (χ4n) is 5.37. The Balaban J connectivity index is 0.00000210.